The molecule has 9 heteroatoms. The van der Waals surface area contributed by atoms with Crippen LogP contribution in [0.5, 0.6) is 0 Å². The summed E-state index contributed by atoms with van der Waals surface area (Å²) in [6.07, 6.45) is 57.1. The number of carbonyl (C=O) groups is 4. The van der Waals surface area contributed by atoms with Gasteiger partial charge in [-0.05, 0) is 83.1 Å². The number of ether oxygens (including phenoxy) is 1. The molecule has 2 amide bonds. The molecule has 0 radical (unpaired) electrons. The standard InChI is InChI=1S/C52H90N2O7/c1-3-5-7-9-11-13-14-15-16-17-18-19-20-21-22-23-24-25-26-28-30-36-40-44-51(58)61-47(41-37-33-29-27-12-10-8-6-4-2)42-38-34-31-32-35-39-43-49(56)53-45-50(57)54-48(46-55)52(59)60/h5,7,11,13,15-16,18-19,37,41,47-48,55H,3-4,6,8-10,12,14,17,20-36,38-40,42-46H2,1-2H3,(H,53,56)(H,54,57)(H,59,60)/b7-5-,13-11-,16-15-,19-18-,41-37-. The summed E-state index contributed by atoms with van der Waals surface area (Å²) in [6.45, 7) is 3.37. The smallest absolute Gasteiger partial charge is 0.328 e. The van der Waals surface area contributed by atoms with Crippen LogP contribution in [0.2, 0.25) is 0 Å². The molecule has 0 bridgehead atoms. The third-order valence-corrected chi connectivity index (χ3v) is 10.7. The van der Waals surface area contributed by atoms with Crippen LogP contribution in [0.3, 0.4) is 0 Å². The van der Waals surface area contributed by atoms with Gasteiger partial charge in [0.25, 0.3) is 0 Å². The van der Waals surface area contributed by atoms with Crippen LogP contribution in [-0.4, -0.2) is 59.3 Å². The number of hydrogen-bond donors (Lipinski definition) is 4. The number of allylic oxidation sites excluding steroid dienone is 9. The van der Waals surface area contributed by atoms with Gasteiger partial charge in [-0.2, -0.15) is 0 Å². The Hall–Kier alpha value is -3.46. The number of carboxylic acid groups (broad SMARTS) is 1. The van der Waals surface area contributed by atoms with Gasteiger partial charge in [-0.25, -0.2) is 4.79 Å². The number of aliphatic carboxylic acids is 1. The van der Waals surface area contributed by atoms with Gasteiger partial charge in [0.15, 0.2) is 0 Å². The Morgan fingerprint density at radius 1 is 0.525 bits per heavy atom. The van der Waals surface area contributed by atoms with E-state index in [2.05, 4.69) is 85.2 Å². The first-order chi connectivity index (χ1) is 29.8. The molecule has 0 saturated heterocycles. The van der Waals surface area contributed by atoms with E-state index in [0.717, 1.165) is 83.5 Å². The summed E-state index contributed by atoms with van der Waals surface area (Å²) >= 11 is 0. The van der Waals surface area contributed by atoms with Crippen LogP contribution in [-0.2, 0) is 23.9 Å². The maximum atomic E-state index is 12.8. The Morgan fingerprint density at radius 2 is 0.984 bits per heavy atom. The number of unbranched alkanes of at least 4 members (excludes halogenated alkanes) is 22. The summed E-state index contributed by atoms with van der Waals surface area (Å²) in [5, 5.41) is 22.6. The Labute approximate surface area is 372 Å². The van der Waals surface area contributed by atoms with Crippen LogP contribution in [0, 0.1) is 0 Å². The zero-order valence-corrected chi connectivity index (χ0v) is 38.9. The number of carbonyl (C=O) groups excluding carboxylic acids is 3. The van der Waals surface area contributed by atoms with E-state index in [1.54, 1.807) is 0 Å². The van der Waals surface area contributed by atoms with E-state index in [1.807, 2.05) is 0 Å². The average molecular weight is 855 g/mol. The molecular weight excluding hydrogens is 765 g/mol. The van der Waals surface area contributed by atoms with Crippen molar-refractivity contribution in [2.45, 2.75) is 231 Å². The number of esters is 1. The molecule has 0 aliphatic carbocycles. The highest BCUT2D eigenvalue weighted by atomic mass is 16.5. The number of carboxylic acids is 1. The molecule has 0 aromatic rings. The van der Waals surface area contributed by atoms with E-state index in [9.17, 15) is 19.2 Å². The number of aliphatic hydroxyl groups excluding tert-OH is 1. The number of rotatable bonds is 44. The van der Waals surface area contributed by atoms with Crippen LogP contribution in [0.25, 0.3) is 0 Å². The molecule has 350 valence electrons. The second-order valence-electron chi connectivity index (χ2n) is 16.5. The van der Waals surface area contributed by atoms with Crippen molar-refractivity contribution in [2.24, 2.45) is 0 Å². The minimum Gasteiger partial charge on any atom is -0.480 e. The number of aliphatic hydroxyl groups is 1. The van der Waals surface area contributed by atoms with Crippen molar-refractivity contribution in [3.63, 3.8) is 0 Å². The summed E-state index contributed by atoms with van der Waals surface area (Å²) in [7, 11) is 0. The highest BCUT2D eigenvalue weighted by Crippen LogP contribution is 2.16. The highest BCUT2D eigenvalue weighted by molar-refractivity contribution is 5.87. The summed E-state index contributed by atoms with van der Waals surface area (Å²) < 4.78 is 5.97. The first-order valence-corrected chi connectivity index (χ1v) is 24.7. The number of amides is 2. The molecule has 61 heavy (non-hydrogen) atoms. The molecule has 9 nitrogen and oxygen atoms in total. The fourth-order valence-corrected chi connectivity index (χ4v) is 6.97. The Kier molecular flexibility index (Phi) is 43.4. The molecule has 0 fully saturated rings. The van der Waals surface area contributed by atoms with Gasteiger partial charge >= 0.3 is 11.9 Å². The van der Waals surface area contributed by atoms with E-state index in [-0.39, 0.29) is 24.5 Å². The fourth-order valence-electron chi connectivity index (χ4n) is 6.97. The second-order valence-corrected chi connectivity index (χ2v) is 16.5. The zero-order chi connectivity index (χ0) is 44.7. The monoisotopic (exact) mass is 855 g/mol. The molecule has 2 unspecified atom stereocenters. The predicted molar refractivity (Wildman–Crippen MR) is 254 cm³/mol. The molecule has 0 spiro atoms. The quantitative estimate of drug-likeness (QED) is 0.0271. The van der Waals surface area contributed by atoms with Crippen molar-refractivity contribution in [3.8, 4) is 0 Å². The van der Waals surface area contributed by atoms with Gasteiger partial charge in [0.1, 0.15) is 12.1 Å². The zero-order valence-electron chi connectivity index (χ0n) is 38.9. The van der Waals surface area contributed by atoms with Crippen molar-refractivity contribution in [1.82, 2.24) is 10.6 Å². The minimum absolute atomic E-state index is 0.0818. The molecule has 4 N–H and O–H groups in total. The van der Waals surface area contributed by atoms with Gasteiger partial charge in [0.2, 0.25) is 11.8 Å². The van der Waals surface area contributed by atoms with Crippen molar-refractivity contribution in [2.75, 3.05) is 13.2 Å². The van der Waals surface area contributed by atoms with Gasteiger partial charge in [-0.15, -0.1) is 0 Å². The van der Waals surface area contributed by atoms with Crippen LogP contribution < -0.4 is 10.6 Å². The van der Waals surface area contributed by atoms with Crippen LogP contribution in [0.1, 0.15) is 219 Å². The topological polar surface area (TPSA) is 142 Å². The van der Waals surface area contributed by atoms with E-state index >= 15 is 0 Å². The third-order valence-electron chi connectivity index (χ3n) is 10.7. The van der Waals surface area contributed by atoms with Crippen molar-refractivity contribution < 1.29 is 34.1 Å². The second kappa shape index (κ2) is 46.1. The summed E-state index contributed by atoms with van der Waals surface area (Å²) in [5.41, 5.74) is 0. The first-order valence-electron chi connectivity index (χ1n) is 24.7. The maximum absolute atomic E-state index is 12.8. The van der Waals surface area contributed by atoms with Gasteiger partial charge in [0, 0.05) is 12.8 Å². The molecule has 0 rings (SSSR count). The molecule has 2 atom stereocenters. The minimum atomic E-state index is -1.38. The lowest BCUT2D eigenvalue weighted by molar-refractivity contribution is -0.147. The summed E-state index contributed by atoms with van der Waals surface area (Å²) in [5.74, 6) is -2.33. The van der Waals surface area contributed by atoms with E-state index in [4.69, 9.17) is 14.9 Å². The van der Waals surface area contributed by atoms with Gasteiger partial charge < -0.3 is 25.6 Å². The van der Waals surface area contributed by atoms with Crippen molar-refractivity contribution in [3.05, 3.63) is 60.8 Å². The van der Waals surface area contributed by atoms with E-state index in [1.165, 1.54) is 103 Å². The molecule has 0 aromatic heterocycles. The van der Waals surface area contributed by atoms with Crippen LogP contribution in [0.4, 0.5) is 0 Å². The highest BCUT2D eigenvalue weighted by Gasteiger charge is 2.18. The van der Waals surface area contributed by atoms with Gasteiger partial charge in [-0.1, -0.05) is 184 Å². The third kappa shape index (κ3) is 43.0. The molecular formula is C52H90N2O7. The Morgan fingerprint density at radius 3 is 1.51 bits per heavy atom. The van der Waals surface area contributed by atoms with Crippen LogP contribution >= 0.6 is 0 Å². The van der Waals surface area contributed by atoms with Crippen molar-refractivity contribution in [1.29, 1.82) is 0 Å². The predicted octanol–water partition coefficient (Wildman–Crippen LogP) is 12.9. The van der Waals surface area contributed by atoms with E-state index < -0.39 is 24.5 Å². The molecule has 0 saturated carbocycles. The fraction of sp³-hybridized carbons (Fsp3) is 0.731. The molecule has 0 heterocycles. The SMILES string of the molecule is CC/C=C\C/C=C\C/C=C\C/C=C\CCCCCCCCCCCCC(=O)OC(/C=C\CCCCCCCCC)CCCCCCCCC(=O)NCC(=O)NC(CO)C(=O)O. The summed E-state index contributed by atoms with van der Waals surface area (Å²) in [6, 6.07) is -1.38. The largest absolute Gasteiger partial charge is 0.480 e. The van der Waals surface area contributed by atoms with Gasteiger partial charge in [-0.3, -0.25) is 14.4 Å². The van der Waals surface area contributed by atoms with E-state index in [0.29, 0.717) is 19.3 Å². The molecule has 0 aliphatic heterocycles. The lowest BCUT2D eigenvalue weighted by Crippen LogP contribution is -2.47. The Balaban J connectivity index is 4.17. The molecule has 0 aromatic carbocycles. The number of hydrogen-bond acceptors (Lipinski definition) is 6. The lowest BCUT2D eigenvalue weighted by atomic mass is 10.0. The maximum Gasteiger partial charge on any atom is 0.328 e. The lowest BCUT2D eigenvalue weighted by Gasteiger charge is -2.15. The summed E-state index contributed by atoms with van der Waals surface area (Å²) in [4.78, 5) is 47.6. The van der Waals surface area contributed by atoms with Crippen LogP contribution in [0.15, 0.2) is 60.8 Å². The normalized spacial score (nSPS) is 13.0. The molecule has 0 aliphatic rings. The average Bonchev–Trinajstić information content (AvgIpc) is 3.25. The van der Waals surface area contributed by atoms with Crippen molar-refractivity contribution >= 4 is 23.8 Å². The first kappa shape index (κ1) is 57.5. The Bertz CT molecular complexity index is 1210. The van der Waals surface area contributed by atoms with Gasteiger partial charge in [0.05, 0.1) is 13.2 Å². The number of nitrogens with one attached hydrogen (secondary N) is 2.